The van der Waals surface area contributed by atoms with Crippen molar-refractivity contribution in [1.82, 2.24) is 9.03 Å². The summed E-state index contributed by atoms with van der Waals surface area (Å²) in [6.07, 6.45) is 0.414. The van der Waals surface area contributed by atoms with Gasteiger partial charge in [0.2, 0.25) is 0 Å². The average molecular weight is 539 g/mol. The predicted molar refractivity (Wildman–Crippen MR) is 137 cm³/mol. The van der Waals surface area contributed by atoms with Gasteiger partial charge in [0.05, 0.1) is 0 Å². The van der Waals surface area contributed by atoms with Crippen LogP contribution < -0.4 is 15.4 Å². The number of nitrogens with one attached hydrogen (secondary N) is 1. The van der Waals surface area contributed by atoms with Gasteiger partial charge >= 0.3 is 11.9 Å². The Labute approximate surface area is 216 Å². The Hall–Kier alpha value is -2.70. The summed E-state index contributed by atoms with van der Waals surface area (Å²) in [7, 11) is -4.15. The molecule has 36 heavy (non-hydrogen) atoms. The fourth-order valence-electron chi connectivity index (χ4n) is 3.82. The first-order valence-corrected chi connectivity index (χ1v) is 13.4. The standard InChI is InChI=1S/C24H31ClN4O6S/c25-20-9-11-21(12-10-20)28-14-16-29(17-15-28)36(33,34)27-24(26,23(31)32)13-5-4-8-22(30)35-18-19-6-2-1-3-7-19/h1-3,6-7,9-12,27H,4-5,8,13-18,26H2,(H,31,32)/t24-/m1/s1. The molecule has 0 amide bonds. The van der Waals surface area contributed by atoms with Crippen molar-refractivity contribution in [3.63, 3.8) is 0 Å². The van der Waals surface area contributed by atoms with Gasteiger partial charge in [0, 0.05) is 43.3 Å². The lowest BCUT2D eigenvalue weighted by Crippen LogP contribution is -2.65. The molecule has 0 radical (unpaired) electrons. The summed E-state index contributed by atoms with van der Waals surface area (Å²) in [5.74, 6) is -1.91. The molecular formula is C24H31ClN4O6S. The summed E-state index contributed by atoms with van der Waals surface area (Å²) in [6.45, 7) is 1.35. The highest BCUT2D eigenvalue weighted by Gasteiger charge is 2.40. The van der Waals surface area contributed by atoms with Gasteiger partial charge in [-0.05, 0) is 49.1 Å². The van der Waals surface area contributed by atoms with Gasteiger partial charge in [-0.2, -0.15) is 17.4 Å². The molecule has 2 aromatic rings. The first-order valence-electron chi connectivity index (χ1n) is 11.6. The van der Waals surface area contributed by atoms with Crippen molar-refractivity contribution >= 4 is 39.4 Å². The lowest BCUT2D eigenvalue weighted by molar-refractivity contribution is -0.145. The van der Waals surface area contributed by atoms with Crippen molar-refractivity contribution in [3.8, 4) is 0 Å². The second kappa shape index (κ2) is 12.5. The number of ether oxygens (including phenoxy) is 1. The zero-order valence-corrected chi connectivity index (χ0v) is 21.4. The maximum atomic E-state index is 12.9. The number of halogens is 1. The number of carboxylic acid groups (broad SMARTS) is 1. The maximum absolute atomic E-state index is 12.9. The molecule has 0 aliphatic carbocycles. The summed E-state index contributed by atoms with van der Waals surface area (Å²) in [5, 5.41) is 10.3. The monoisotopic (exact) mass is 538 g/mol. The largest absolute Gasteiger partial charge is 0.479 e. The van der Waals surface area contributed by atoms with Gasteiger partial charge in [0.15, 0.2) is 5.66 Å². The van der Waals surface area contributed by atoms with E-state index in [2.05, 4.69) is 4.72 Å². The molecule has 0 unspecified atom stereocenters. The van der Waals surface area contributed by atoms with E-state index in [9.17, 15) is 23.1 Å². The molecule has 4 N–H and O–H groups in total. The van der Waals surface area contributed by atoms with Crippen molar-refractivity contribution in [2.45, 2.75) is 38.0 Å². The van der Waals surface area contributed by atoms with Gasteiger partial charge in [-0.1, -0.05) is 41.9 Å². The quantitative estimate of drug-likeness (QED) is 0.212. The lowest BCUT2D eigenvalue weighted by atomic mass is 10.0. The van der Waals surface area contributed by atoms with E-state index in [0.717, 1.165) is 11.3 Å². The van der Waals surface area contributed by atoms with Crippen molar-refractivity contribution in [2.24, 2.45) is 5.73 Å². The van der Waals surface area contributed by atoms with E-state index in [4.69, 9.17) is 22.1 Å². The highest BCUT2D eigenvalue weighted by Crippen LogP contribution is 2.21. The number of anilines is 1. The van der Waals surface area contributed by atoms with Gasteiger partial charge in [-0.25, -0.2) is 4.79 Å². The van der Waals surface area contributed by atoms with Gasteiger partial charge in [0.1, 0.15) is 6.61 Å². The molecule has 0 saturated carbocycles. The number of esters is 1. The van der Waals surface area contributed by atoms with Crippen LogP contribution >= 0.6 is 11.6 Å². The minimum atomic E-state index is -4.15. The van der Waals surface area contributed by atoms with Crippen LogP contribution in [0.2, 0.25) is 5.02 Å². The molecule has 0 aromatic heterocycles. The number of hydrogen-bond acceptors (Lipinski definition) is 7. The molecule has 12 heteroatoms. The summed E-state index contributed by atoms with van der Waals surface area (Å²) in [6, 6.07) is 16.5. The number of hydrogen-bond donors (Lipinski definition) is 3. The summed E-state index contributed by atoms with van der Waals surface area (Å²) in [4.78, 5) is 25.8. The number of unbranched alkanes of at least 4 members (excludes halogenated alkanes) is 1. The molecule has 196 valence electrons. The number of carbonyl (C=O) groups excluding carboxylic acids is 1. The van der Waals surface area contributed by atoms with Crippen LogP contribution in [0.4, 0.5) is 5.69 Å². The van der Waals surface area contributed by atoms with Gasteiger partial charge < -0.3 is 20.5 Å². The van der Waals surface area contributed by atoms with Gasteiger partial charge in [-0.15, -0.1) is 0 Å². The molecule has 1 aliphatic heterocycles. The number of nitrogens with two attached hydrogens (primary N) is 1. The fraction of sp³-hybridized carbons (Fsp3) is 0.417. The fourth-order valence-corrected chi connectivity index (χ4v) is 5.37. The van der Waals surface area contributed by atoms with Crippen molar-refractivity contribution < 1.29 is 27.9 Å². The Morgan fingerprint density at radius 2 is 1.67 bits per heavy atom. The second-order valence-corrected chi connectivity index (χ2v) is 10.7. The number of benzene rings is 2. The van der Waals surface area contributed by atoms with E-state index in [-0.39, 0.29) is 39.0 Å². The zero-order chi connectivity index (χ0) is 26.2. The molecule has 1 aliphatic rings. The molecule has 10 nitrogen and oxygen atoms in total. The van der Waals surface area contributed by atoms with Crippen molar-refractivity contribution in [2.75, 3.05) is 31.1 Å². The van der Waals surface area contributed by atoms with E-state index < -0.39 is 27.8 Å². The van der Waals surface area contributed by atoms with Crippen LogP contribution in [-0.2, 0) is 31.1 Å². The van der Waals surface area contributed by atoms with Crippen LogP contribution in [0, 0.1) is 0 Å². The van der Waals surface area contributed by atoms with Crippen LogP contribution in [0.1, 0.15) is 31.2 Å². The SMILES string of the molecule is N[C@](CCCCC(=O)OCc1ccccc1)(NS(=O)(=O)N1CCN(c2ccc(Cl)cc2)CC1)C(=O)O. The molecule has 3 rings (SSSR count). The van der Waals surface area contributed by atoms with Crippen LogP contribution in [0.5, 0.6) is 0 Å². The third kappa shape index (κ3) is 7.90. The van der Waals surface area contributed by atoms with E-state index in [1.165, 1.54) is 4.31 Å². The lowest BCUT2D eigenvalue weighted by Gasteiger charge is -2.37. The molecule has 1 fully saturated rings. The van der Waals surface area contributed by atoms with Crippen LogP contribution in [0.25, 0.3) is 0 Å². The minimum absolute atomic E-state index is 0.0714. The highest BCUT2D eigenvalue weighted by molar-refractivity contribution is 7.87. The smallest absolute Gasteiger partial charge is 0.339 e. The number of carboxylic acids is 1. The number of aliphatic carboxylic acids is 1. The third-order valence-corrected chi connectivity index (χ3v) is 7.83. The average Bonchev–Trinajstić information content (AvgIpc) is 2.86. The van der Waals surface area contributed by atoms with Crippen LogP contribution in [0.15, 0.2) is 54.6 Å². The summed E-state index contributed by atoms with van der Waals surface area (Å²) >= 11 is 5.92. The molecular weight excluding hydrogens is 508 g/mol. The normalized spacial score (nSPS) is 16.3. The number of nitrogens with zero attached hydrogens (tertiary/aromatic N) is 2. The number of piperazine rings is 1. The Bertz CT molecular complexity index is 1130. The van der Waals surface area contributed by atoms with Gasteiger partial charge in [-0.3, -0.25) is 4.79 Å². The molecule has 1 saturated heterocycles. The van der Waals surface area contributed by atoms with Crippen molar-refractivity contribution in [3.05, 3.63) is 65.2 Å². The van der Waals surface area contributed by atoms with E-state index in [1.807, 2.05) is 47.4 Å². The summed E-state index contributed by atoms with van der Waals surface area (Å²) < 4.78 is 34.4. The van der Waals surface area contributed by atoms with E-state index in [0.29, 0.717) is 24.5 Å². The predicted octanol–water partition coefficient (Wildman–Crippen LogP) is 2.34. The number of rotatable bonds is 12. The van der Waals surface area contributed by atoms with Crippen LogP contribution in [-0.4, -0.2) is 61.6 Å². The maximum Gasteiger partial charge on any atom is 0.339 e. The first kappa shape index (κ1) is 27.9. The van der Waals surface area contributed by atoms with Crippen LogP contribution in [0.3, 0.4) is 0 Å². The Balaban J connectivity index is 1.46. The van der Waals surface area contributed by atoms with Gasteiger partial charge in [0.25, 0.3) is 10.2 Å². The minimum Gasteiger partial charge on any atom is -0.479 e. The Morgan fingerprint density at radius 3 is 2.28 bits per heavy atom. The Kier molecular flexibility index (Phi) is 9.69. The third-order valence-electron chi connectivity index (χ3n) is 5.91. The van der Waals surface area contributed by atoms with Crippen molar-refractivity contribution in [1.29, 1.82) is 0 Å². The second-order valence-electron chi connectivity index (χ2n) is 8.60. The zero-order valence-electron chi connectivity index (χ0n) is 19.8. The Morgan fingerprint density at radius 1 is 1.03 bits per heavy atom. The molecule has 0 spiro atoms. The van der Waals surface area contributed by atoms with E-state index in [1.54, 1.807) is 12.1 Å². The molecule has 0 bridgehead atoms. The highest BCUT2D eigenvalue weighted by atomic mass is 35.5. The molecule has 2 aromatic carbocycles. The molecule has 1 atom stereocenters. The first-order chi connectivity index (χ1) is 17.1. The summed E-state index contributed by atoms with van der Waals surface area (Å²) in [5.41, 5.74) is 5.55. The number of carbonyl (C=O) groups is 2. The topological polar surface area (TPSA) is 142 Å². The van der Waals surface area contributed by atoms with E-state index >= 15 is 0 Å². The molecule has 1 heterocycles.